The lowest BCUT2D eigenvalue weighted by molar-refractivity contribution is -0.131. The van der Waals surface area contributed by atoms with Crippen LogP contribution in [0.3, 0.4) is 0 Å². The number of urea groups is 1. The highest BCUT2D eigenvalue weighted by Crippen LogP contribution is 2.27. The zero-order chi connectivity index (χ0) is 16.6. The number of imide groups is 1. The van der Waals surface area contributed by atoms with E-state index in [0.29, 0.717) is 12.3 Å². The van der Waals surface area contributed by atoms with E-state index in [-0.39, 0.29) is 18.5 Å². The van der Waals surface area contributed by atoms with Crippen molar-refractivity contribution in [1.29, 1.82) is 0 Å². The Bertz CT molecular complexity index is 766. The Balaban J connectivity index is 1.90. The van der Waals surface area contributed by atoms with Gasteiger partial charge in [0.15, 0.2) is 0 Å². The smallest absolute Gasteiger partial charge is 0.323 e. The first kappa shape index (κ1) is 15.5. The van der Waals surface area contributed by atoms with Crippen LogP contribution in [0.2, 0.25) is 0 Å². The third kappa shape index (κ3) is 2.79. The number of rotatable bonds is 4. The summed E-state index contributed by atoms with van der Waals surface area (Å²) in [7, 11) is 0. The number of para-hydroxylation sites is 1. The molecule has 3 amide bonds. The topological polar surface area (TPSA) is 62.3 Å². The predicted octanol–water partition coefficient (Wildman–Crippen LogP) is 3.09. The number of nitrogens with zero attached hydrogens (tertiary/aromatic N) is 2. The van der Waals surface area contributed by atoms with Crippen molar-refractivity contribution in [1.82, 2.24) is 15.2 Å². The van der Waals surface area contributed by atoms with E-state index in [1.807, 2.05) is 44.2 Å². The third-order valence-corrected chi connectivity index (χ3v) is 4.21. The number of pyridine rings is 1. The van der Waals surface area contributed by atoms with Crippen molar-refractivity contribution >= 4 is 22.8 Å². The zero-order valence-electron chi connectivity index (χ0n) is 13.7. The van der Waals surface area contributed by atoms with Gasteiger partial charge in [0.25, 0.3) is 5.91 Å². The van der Waals surface area contributed by atoms with Gasteiger partial charge in [-0.1, -0.05) is 38.1 Å². The summed E-state index contributed by atoms with van der Waals surface area (Å²) in [5, 5.41) is 3.85. The van der Waals surface area contributed by atoms with Crippen molar-refractivity contribution in [2.45, 2.75) is 39.3 Å². The lowest BCUT2D eigenvalue weighted by Gasteiger charge is -2.23. The maximum atomic E-state index is 12.7. The second-order valence-electron chi connectivity index (χ2n) is 6.74. The van der Waals surface area contributed by atoms with Gasteiger partial charge in [-0.05, 0) is 30.9 Å². The van der Waals surface area contributed by atoms with Gasteiger partial charge in [0.05, 0.1) is 12.1 Å². The molecule has 1 aromatic heterocycles. The summed E-state index contributed by atoms with van der Waals surface area (Å²) in [6.07, 6.45) is 2.35. The fourth-order valence-corrected chi connectivity index (χ4v) is 3.31. The van der Waals surface area contributed by atoms with Gasteiger partial charge in [-0.15, -0.1) is 0 Å². The van der Waals surface area contributed by atoms with Gasteiger partial charge in [-0.3, -0.25) is 14.7 Å². The Morgan fingerprint density at radius 2 is 1.96 bits per heavy atom. The number of hydrogen-bond acceptors (Lipinski definition) is 3. The molecule has 5 heteroatoms. The first-order valence-electron chi connectivity index (χ1n) is 7.87. The van der Waals surface area contributed by atoms with Gasteiger partial charge < -0.3 is 5.32 Å². The Morgan fingerprint density at radius 1 is 1.22 bits per heavy atom. The van der Waals surface area contributed by atoms with Crippen LogP contribution in [0.15, 0.2) is 36.5 Å². The molecule has 120 valence electrons. The first-order chi connectivity index (χ1) is 10.9. The molecule has 5 nitrogen and oxygen atoms in total. The minimum atomic E-state index is -0.816. The van der Waals surface area contributed by atoms with Gasteiger partial charge in [-0.2, -0.15) is 0 Å². The normalized spacial score (nSPS) is 21.3. The third-order valence-electron chi connectivity index (χ3n) is 4.21. The fourth-order valence-electron chi connectivity index (χ4n) is 3.31. The van der Waals surface area contributed by atoms with Crippen LogP contribution in [-0.2, 0) is 11.3 Å². The number of hydrogen-bond donors (Lipinski definition) is 1. The quantitative estimate of drug-likeness (QED) is 0.883. The minimum Gasteiger partial charge on any atom is -0.323 e. The van der Waals surface area contributed by atoms with Crippen LogP contribution in [0.5, 0.6) is 0 Å². The van der Waals surface area contributed by atoms with Gasteiger partial charge in [0, 0.05) is 11.6 Å². The van der Waals surface area contributed by atoms with Gasteiger partial charge in [-0.25, -0.2) is 4.79 Å². The molecule has 23 heavy (non-hydrogen) atoms. The lowest BCUT2D eigenvalue weighted by atomic mass is 9.91. The summed E-state index contributed by atoms with van der Waals surface area (Å²) in [5.74, 6) is 0.160. The number of carbonyl (C=O) groups is 2. The van der Waals surface area contributed by atoms with Crippen LogP contribution in [0.4, 0.5) is 4.79 Å². The van der Waals surface area contributed by atoms with E-state index < -0.39 is 5.54 Å². The Labute approximate surface area is 135 Å². The van der Waals surface area contributed by atoms with Gasteiger partial charge >= 0.3 is 6.03 Å². The van der Waals surface area contributed by atoms with Gasteiger partial charge in [0.2, 0.25) is 0 Å². The molecule has 1 atom stereocenters. The van der Waals surface area contributed by atoms with Crippen LogP contribution in [0.25, 0.3) is 10.9 Å². The second kappa shape index (κ2) is 5.65. The molecule has 0 bridgehead atoms. The molecule has 0 aliphatic carbocycles. The van der Waals surface area contributed by atoms with Crippen LogP contribution < -0.4 is 5.32 Å². The Hall–Kier alpha value is -2.43. The first-order valence-corrected chi connectivity index (χ1v) is 7.87. The average molecular weight is 311 g/mol. The van der Waals surface area contributed by atoms with E-state index in [9.17, 15) is 9.59 Å². The summed E-state index contributed by atoms with van der Waals surface area (Å²) in [6.45, 7) is 6.13. The lowest BCUT2D eigenvalue weighted by Crippen LogP contribution is -2.44. The molecular formula is C18H21N3O2. The fraction of sp³-hybridized carbons (Fsp3) is 0.389. The highest BCUT2D eigenvalue weighted by atomic mass is 16.2. The highest BCUT2D eigenvalue weighted by Gasteiger charge is 2.47. The van der Waals surface area contributed by atoms with E-state index in [4.69, 9.17) is 0 Å². The number of nitrogens with one attached hydrogen (secondary N) is 1. The molecule has 1 fully saturated rings. The standard InChI is InChI=1S/C18H21N3O2/c1-12(2)10-18(3)16(22)21(17(23)20-18)11-14-7-4-6-13-8-5-9-19-15(13)14/h4-9,12H,10-11H2,1-3H3,(H,20,23). The van der Waals surface area contributed by atoms with E-state index in [2.05, 4.69) is 10.3 Å². The maximum Gasteiger partial charge on any atom is 0.325 e. The molecular weight excluding hydrogens is 290 g/mol. The van der Waals surface area contributed by atoms with Crippen molar-refractivity contribution < 1.29 is 9.59 Å². The average Bonchev–Trinajstić information content (AvgIpc) is 2.70. The van der Waals surface area contributed by atoms with Gasteiger partial charge in [0.1, 0.15) is 5.54 Å². The molecule has 1 saturated heterocycles. The molecule has 1 aliphatic rings. The van der Waals surface area contributed by atoms with Crippen LogP contribution in [-0.4, -0.2) is 27.4 Å². The summed E-state index contributed by atoms with van der Waals surface area (Å²) < 4.78 is 0. The Kier molecular flexibility index (Phi) is 3.80. The Morgan fingerprint density at radius 3 is 2.70 bits per heavy atom. The number of benzene rings is 1. The molecule has 0 saturated carbocycles. The predicted molar refractivity (Wildman–Crippen MR) is 88.7 cm³/mol. The monoisotopic (exact) mass is 311 g/mol. The second-order valence-corrected chi connectivity index (χ2v) is 6.74. The number of fused-ring (bicyclic) bond motifs is 1. The molecule has 0 radical (unpaired) electrons. The summed E-state index contributed by atoms with van der Waals surface area (Å²) in [5.41, 5.74) is 0.886. The highest BCUT2D eigenvalue weighted by molar-refractivity contribution is 6.06. The van der Waals surface area contributed by atoms with Crippen molar-refractivity contribution in [2.75, 3.05) is 0 Å². The van der Waals surface area contributed by atoms with E-state index in [0.717, 1.165) is 16.5 Å². The van der Waals surface area contributed by atoms with Crippen molar-refractivity contribution in [2.24, 2.45) is 5.92 Å². The van der Waals surface area contributed by atoms with E-state index in [1.165, 1.54) is 4.90 Å². The molecule has 2 aromatic rings. The van der Waals surface area contributed by atoms with Crippen LogP contribution in [0, 0.1) is 5.92 Å². The number of carbonyl (C=O) groups excluding carboxylic acids is 2. The van der Waals surface area contributed by atoms with Crippen LogP contribution in [0.1, 0.15) is 32.8 Å². The molecule has 1 aromatic carbocycles. The molecule has 3 rings (SSSR count). The molecule has 1 unspecified atom stereocenters. The zero-order valence-corrected chi connectivity index (χ0v) is 13.7. The van der Waals surface area contributed by atoms with Crippen molar-refractivity contribution in [3.05, 3.63) is 42.1 Å². The molecule has 2 heterocycles. The maximum absolute atomic E-state index is 12.7. The molecule has 0 spiro atoms. The van der Waals surface area contributed by atoms with E-state index in [1.54, 1.807) is 13.1 Å². The largest absolute Gasteiger partial charge is 0.325 e. The van der Waals surface area contributed by atoms with Crippen molar-refractivity contribution in [3.8, 4) is 0 Å². The minimum absolute atomic E-state index is 0.163. The molecule has 1 aliphatic heterocycles. The molecule has 1 N–H and O–H groups in total. The van der Waals surface area contributed by atoms with E-state index >= 15 is 0 Å². The summed E-state index contributed by atoms with van der Waals surface area (Å²) in [4.78, 5) is 30.7. The van der Waals surface area contributed by atoms with Crippen molar-refractivity contribution in [3.63, 3.8) is 0 Å². The summed E-state index contributed by atoms with van der Waals surface area (Å²) in [6, 6.07) is 9.32. The number of aromatic nitrogens is 1. The SMILES string of the molecule is CC(C)CC1(C)NC(=O)N(Cc2cccc3cccnc23)C1=O. The van der Waals surface area contributed by atoms with Crippen LogP contribution >= 0.6 is 0 Å². The summed E-state index contributed by atoms with van der Waals surface area (Å²) >= 11 is 0. The number of amides is 3.